The fourth-order valence-electron chi connectivity index (χ4n) is 1.75. The SMILES string of the molecule is COc1ccc2nc(Oc3ccc(C(F)(F)F)cn3)sc2c1. The first-order chi connectivity index (χ1) is 10.5. The number of hydrogen-bond donors (Lipinski definition) is 0. The second-order valence-electron chi connectivity index (χ2n) is 4.30. The molecule has 2 aromatic heterocycles. The third-order valence-corrected chi connectivity index (χ3v) is 3.73. The van der Waals surface area contributed by atoms with Crippen LogP contribution in [0.5, 0.6) is 16.8 Å². The number of pyridine rings is 1. The number of nitrogens with zero attached hydrogens (tertiary/aromatic N) is 2. The molecule has 0 fully saturated rings. The Morgan fingerprint density at radius 2 is 1.95 bits per heavy atom. The van der Waals surface area contributed by atoms with Crippen LogP contribution in [0, 0.1) is 0 Å². The molecular formula is C14H9F3N2O2S. The Morgan fingerprint density at radius 1 is 1.14 bits per heavy atom. The number of thiazole rings is 1. The first-order valence-electron chi connectivity index (χ1n) is 6.11. The molecule has 0 aliphatic rings. The molecule has 2 heterocycles. The van der Waals surface area contributed by atoms with Crippen LogP contribution in [0.15, 0.2) is 36.5 Å². The van der Waals surface area contributed by atoms with Gasteiger partial charge < -0.3 is 9.47 Å². The van der Waals surface area contributed by atoms with E-state index in [2.05, 4.69) is 9.97 Å². The van der Waals surface area contributed by atoms with Gasteiger partial charge in [0.15, 0.2) is 0 Å². The molecule has 0 bridgehead atoms. The van der Waals surface area contributed by atoms with Crippen molar-refractivity contribution in [2.24, 2.45) is 0 Å². The van der Waals surface area contributed by atoms with E-state index in [4.69, 9.17) is 9.47 Å². The number of halogens is 3. The summed E-state index contributed by atoms with van der Waals surface area (Å²) >= 11 is 1.26. The minimum absolute atomic E-state index is 0.0546. The summed E-state index contributed by atoms with van der Waals surface area (Å²) in [6.07, 6.45) is -3.69. The van der Waals surface area contributed by atoms with E-state index in [1.54, 1.807) is 25.3 Å². The van der Waals surface area contributed by atoms with Crippen molar-refractivity contribution in [1.82, 2.24) is 9.97 Å². The average Bonchev–Trinajstić information content (AvgIpc) is 2.88. The van der Waals surface area contributed by atoms with Gasteiger partial charge >= 0.3 is 6.18 Å². The lowest BCUT2D eigenvalue weighted by atomic mass is 10.3. The van der Waals surface area contributed by atoms with Crippen molar-refractivity contribution in [2.45, 2.75) is 6.18 Å². The van der Waals surface area contributed by atoms with Gasteiger partial charge in [0.25, 0.3) is 5.19 Å². The molecule has 3 aromatic rings. The Kier molecular flexibility index (Phi) is 3.61. The van der Waals surface area contributed by atoms with Crippen molar-refractivity contribution in [1.29, 1.82) is 0 Å². The van der Waals surface area contributed by atoms with E-state index >= 15 is 0 Å². The molecule has 0 aliphatic heterocycles. The average molecular weight is 326 g/mol. The van der Waals surface area contributed by atoms with Gasteiger partial charge in [-0.15, -0.1) is 0 Å². The third kappa shape index (κ3) is 2.96. The number of hydrogen-bond acceptors (Lipinski definition) is 5. The molecule has 114 valence electrons. The topological polar surface area (TPSA) is 44.2 Å². The highest BCUT2D eigenvalue weighted by Crippen LogP contribution is 2.34. The van der Waals surface area contributed by atoms with Crippen molar-refractivity contribution in [3.05, 3.63) is 42.1 Å². The van der Waals surface area contributed by atoms with Gasteiger partial charge in [-0.3, -0.25) is 0 Å². The summed E-state index contributed by atoms with van der Waals surface area (Å²) in [5, 5.41) is 0.301. The highest BCUT2D eigenvalue weighted by molar-refractivity contribution is 7.20. The van der Waals surface area contributed by atoms with Crippen molar-refractivity contribution in [2.75, 3.05) is 7.11 Å². The first-order valence-corrected chi connectivity index (χ1v) is 6.93. The monoisotopic (exact) mass is 326 g/mol. The van der Waals surface area contributed by atoms with Crippen LogP contribution in [0.3, 0.4) is 0 Å². The number of benzene rings is 1. The first kappa shape index (κ1) is 14.6. The van der Waals surface area contributed by atoms with E-state index in [0.717, 1.165) is 23.0 Å². The van der Waals surface area contributed by atoms with Crippen LogP contribution >= 0.6 is 11.3 Å². The highest BCUT2D eigenvalue weighted by atomic mass is 32.1. The van der Waals surface area contributed by atoms with E-state index in [9.17, 15) is 13.2 Å². The highest BCUT2D eigenvalue weighted by Gasteiger charge is 2.30. The Hall–Kier alpha value is -2.35. The number of alkyl halides is 3. The molecule has 1 aromatic carbocycles. The Balaban J connectivity index is 1.83. The van der Waals surface area contributed by atoms with Crippen LogP contribution in [0.4, 0.5) is 13.2 Å². The molecule has 0 radical (unpaired) electrons. The zero-order chi connectivity index (χ0) is 15.7. The molecule has 8 heteroatoms. The van der Waals surface area contributed by atoms with Gasteiger partial charge in [0.05, 0.1) is 22.9 Å². The molecule has 3 rings (SSSR count). The lowest BCUT2D eigenvalue weighted by Crippen LogP contribution is -2.05. The summed E-state index contributed by atoms with van der Waals surface area (Å²) in [4.78, 5) is 7.88. The second-order valence-corrected chi connectivity index (χ2v) is 5.29. The van der Waals surface area contributed by atoms with Crippen LogP contribution in [0.1, 0.15) is 5.56 Å². The van der Waals surface area contributed by atoms with E-state index in [1.165, 1.54) is 11.3 Å². The minimum Gasteiger partial charge on any atom is -0.497 e. The van der Waals surface area contributed by atoms with Crippen molar-refractivity contribution in [3.63, 3.8) is 0 Å². The van der Waals surface area contributed by atoms with Gasteiger partial charge in [-0.25, -0.2) is 9.97 Å². The molecule has 0 saturated heterocycles. The fourth-order valence-corrected chi connectivity index (χ4v) is 2.60. The normalized spacial score (nSPS) is 11.6. The van der Waals surface area contributed by atoms with Gasteiger partial charge in [-0.2, -0.15) is 13.2 Å². The molecule has 0 amide bonds. The molecular weight excluding hydrogens is 317 g/mol. The fraction of sp³-hybridized carbons (Fsp3) is 0.143. The number of methoxy groups -OCH3 is 1. The molecule has 0 spiro atoms. The summed E-state index contributed by atoms with van der Waals surface area (Å²) < 4.78 is 48.7. The molecule has 0 unspecified atom stereocenters. The van der Waals surface area contributed by atoms with Crippen LogP contribution in [-0.2, 0) is 6.18 Å². The van der Waals surface area contributed by atoms with E-state index in [-0.39, 0.29) is 5.88 Å². The number of fused-ring (bicyclic) bond motifs is 1. The maximum atomic E-state index is 12.5. The van der Waals surface area contributed by atoms with Gasteiger partial charge in [-0.1, -0.05) is 11.3 Å². The van der Waals surface area contributed by atoms with Crippen LogP contribution in [0.25, 0.3) is 10.2 Å². The zero-order valence-corrected chi connectivity index (χ0v) is 12.0. The predicted octanol–water partition coefficient (Wildman–Crippen LogP) is 4.51. The number of rotatable bonds is 3. The maximum absolute atomic E-state index is 12.5. The van der Waals surface area contributed by atoms with Gasteiger partial charge in [0, 0.05) is 12.3 Å². The predicted molar refractivity (Wildman–Crippen MR) is 75.5 cm³/mol. The van der Waals surface area contributed by atoms with Gasteiger partial charge in [0.1, 0.15) is 5.75 Å². The lowest BCUT2D eigenvalue weighted by Gasteiger charge is -2.06. The summed E-state index contributed by atoms with van der Waals surface area (Å²) in [6.45, 7) is 0. The summed E-state index contributed by atoms with van der Waals surface area (Å²) in [6, 6.07) is 7.42. The van der Waals surface area contributed by atoms with Crippen LogP contribution < -0.4 is 9.47 Å². The maximum Gasteiger partial charge on any atom is 0.417 e. The van der Waals surface area contributed by atoms with E-state index in [0.29, 0.717) is 16.5 Å². The molecule has 22 heavy (non-hydrogen) atoms. The zero-order valence-electron chi connectivity index (χ0n) is 11.2. The lowest BCUT2D eigenvalue weighted by molar-refractivity contribution is -0.137. The number of ether oxygens (including phenoxy) is 2. The van der Waals surface area contributed by atoms with Gasteiger partial charge in [0.2, 0.25) is 5.88 Å². The van der Waals surface area contributed by atoms with E-state index in [1.807, 2.05) is 0 Å². The molecule has 0 saturated carbocycles. The summed E-state index contributed by atoms with van der Waals surface area (Å²) in [5.74, 6) is 0.745. The molecule has 0 aliphatic carbocycles. The van der Waals surface area contributed by atoms with Crippen LogP contribution in [0.2, 0.25) is 0 Å². The Morgan fingerprint density at radius 3 is 2.59 bits per heavy atom. The largest absolute Gasteiger partial charge is 0.497 e. The summed E-state index contributed by atoms with van der Waals surface area (Å²) in [5.41, 5.74) is -0.110. The molecule has 0 N–H and O–H groups in total. The molecule has 0 atom stereocenters. The smallest absolute Gasteiger partial charge is 0.417 e. The molecule has 4 nitrogen and oxygen atoms in total. The van der Waals surface area contributed by atoms with Gasteiger partial charge in [-0.05, 0) is 24.3 Å². The minimum atomic E-state index is -4.42. The van der Waals surface area contributed by atoms with Crippen molar-refractivity contribution < 1.29 is 22.6 Å². The van der Waals surface area contributed by atoms with Crippen molar-refractivity contribution in [3.8, 4) is 16.8 Å². The van der Waals surface area contributed by atoms with E-state index < -0.39 is 11.7 Å². The van der Waals surface area contributed by atoms with Crippen LogP contribution in [-0.4, -0.2) is 17.1 Å². The van der Waals surface area contributed by atoms with Crippen molar-refractivity contribution >= 4 is 21.6 Å². The Bertz CT molecular complexity index is 800. The summed E-state index contributed by atoms with van der Waals surface area (Å²) in [7, 11) is 1.56. The Labute approximate surface area is 127 Å². The quantitative estimate of drug-likeness (QED) is 0.710. The number of aromatic nitrogens is 2. The standard InChI is InChI=1S/C14H9F3N2O2S/c1-20-9-3-4-10-11(6-9)22-13(19-10)21-12-5-2-8(7-18-12)14(15,16)17/h2-7H,1H3. The third-order valence-electron chi connectivity index (χ3n) is 2.83. The second kappa shape index (κ2) is 5.45.